The van der Waals surface area contributed by atoms with E-state index in [1.54, 1.807) is 0 Å². The predicted molar refractivity (Wildman–Crippen MR) is 137 cm³/mol. The molecule has 0 aliphatic carbocycles. The van der Waals surface area contributed by atoms with E-state index in [2.05, 4.69) is 4.98 Å². The van der Waals surface area contributed by atoms with E-state index in [1.165, 1.54) is 16.6 Å². The van der Waals surface area contributed by atoms with Gasteiger partial charge in [0.25, 0.3) is 5.56 Å². The number of anilines is 2. The molecule has 2 aromatic carbocycles. The number of nitrogens with two attached hydrogens (primary N) is 1. The third kappa shape index (κ3) is 6.39. The number of ether oxygens (including phenoxy) is 2. The fourth-order valence-corrected chi connectivity index (χ4v) is 3.76. The van der Waals surface area contributed by atoms with Crippen molar-refractivity contribution in [2.24, 2.45) is 5.92 Å². The minimum Gasteiger partial charge on any atom is -0.492 e. The summed E-state index contributed by atoms with van der Waals surface area (Å²) in [7, 11) is 1.50. The maximum absolute atomic E-state index is 13.2. The minimum absolute atomic E-state index is 0.00494. The summed E-state index contributed by atoms with van der Waals surface area (Å²) in [6.45, 7) is 4.54. The van der Waals surface area contributed by atoms with Gasteiger partial charge in [0, 0.05) is 25.8 Å². The molecule has 0 spiro atoms. The smallest absolute Gasteiger partial charge is 0.330 e. The van der Waals surface area contributed by atoms with Crippen molar-refractivity contribution in [3.05, 3.63) is 75.4 Å². The predicted octanol–water partition coefficient (Wildman–Crippen LogP) is 2.89. The summed E-state index contributed by atoms with van der Waals surface area (Å²) in [6, 6.07) is 17.4. The Kier molecular flexibility index (Phi) is 8.86. The summed E-state index contributed by atoms with van der Waals surface area (Å²) >= 11 is 0. The Labute approximate surface area is 204 Å². The topological polar surface area (TPSA) is 120 Å². The van der Waals surface area contributed by atoms with Gasteiger partial charge in [-0.05, 0) is 17.5 Å². The standard InChI is InChI=1S/C26H32N4O5/c1-18(2)17-30-24(27)23(25(32)28-26(30)33)29(14-16-34-3)22(31)13-15-35-21-12-8-7-11-20(21)19-9-5-4-6-10-19/h4-12,18H,13-17,27H2,1-3H3,(H,28,32,33). The quantitative estimate of drug-likeness (QED) is 0.436. The van der Waals surface area contributed by atoms with Gasteiger partial charge in [0.2, 0.25) is 5.91 Å². The Morgan fingerprint density at radius 3 is 2.43 bits per heavy atom. The van der Waals surface area contributed by atoms with Crippen molar-refractivity contribution in [2.45, 2.75) is 26.8 Å². The van der Waals surface area contributed by atoms with E-state index in [9.17, 15) is 14.4 Å². The van der Waals surface area contributed by atoms with Crippen molar-refractivity contribution in [1.82, 2.24) is 9.55 Å². The molecule has 9 nitrogen and oxygen atoms in total. The molecular weight excluding hydrogens is 448 g/mol. The summed E-state index contributed by atoms with van der Waals surface area (Å²) < 4.78 is 12.4. The molecule has 35 heavy (non-hydrogen) atoms. The lowest BCUT2D eigenvalue weighted by molar-refractivity contribution is -0.119. The third-order valence-electron chi connectivity index (χ3n) is 5.40. The second kappa shape index (κ2) is 12.0. The van der Waals surface area contributed by atoms with E-state index < -0.39 is 11.2 Å². The van der Waals surface area contributed by atoms with Crippen LogP contribution in [0.1, 0.15) is 20.3 Å². The molecular formula is C26H32N4O5. The van der Waals surface area contributed by atoms with E-state index in [0.29, 0.717) is 12.3 Å². The summed E-state index contributed by atoms with van der Waals surface area (Å²) in [6.07, 6.45) is -0.00494. The lowest BCUT2D eigenvalue weighted by Crippen LogP contribution is -2.43. The van der Waals surface area contributed by atoms with E-state index in [4.69, 9.17) is 15.2 Å². The molecule has 1 aromatic heterocycles. The van der Waals surface area contributed by atoms with Gasteiger partial charge in [-0.15, -0.1) is 0 Å². The number of nitrogens with one attached hydrogen (secondary N) is 1. The number of aromatic nitrogens is 2. The average Bonchev–Trinajstić information content (AvgIpc) is 2.84. The van der Waals surface area contributed by atoms with Gasteiger partial charge in [0.05, 0.1) is 19.6 Å². The number of aromatic amines is 1. The number of benzene rings is 2. The largest absolute Gasteiger partial charge is 0.492 e. The van der Waals surface area contributed by atoms with Crippen LogP contribution in [0, 0.1) is 5.92 Å². The molecule has 0 fully saturated rings. The van der Waals surface area contributed by atoms with Gasteiger partial charge in [-0.1, -0.05) is 62.4 Å². The highest BCUT2D eigenvalue weighted by Crippen LogP contribution is 2.29. The molecule has 0 radical (unpaired) electrons. The van der Waals surface area contributed by atoms with Crippen LogP contribution < -0.4 is 26.6 Å². The highest BCUT2D eigenvalue weighted by molar-refractivity contribution is 5.95. The molecule has 3 rings (SSSR count). The van der Waals surface area contributed by atoms with Crippen LogP contribution in [0.2, 0.25) is 0 Å². The summed E-state index contributed by atoms with van der Waals surface area (Å²) in [5, 5.41) is 0. The lowest BCUT2D eigenvalue weighted by atomic mass is 10.1. The highest BCUT2D eigenvalue weighted by atomic mass is 16.5. The second-order valence-corrected chi connectivity index (χ2v) is 8.50. The number of carbonyl (C=O) groups is 1. The zero-order valence-corrected chi connectivity index (χ0v) is 20.3. The fraction of sp³-hybridized carbons (Fsp3) is 0.346. The first-order chi connectivity index (χ1) is 16.8. The Bertz CT molecular complexity index is 1250. The van der Waals surface area contributed by atoms with Crippen molar-refractivity contribution >= 4 is 17.4 Å². The Morgan fingerprint density at radius 2 is 1.74 bits per heavy atom. The number of nitrogen functional groups attached to an aromatic ring is 1. The van der Waals surface area contributed by atoms with Gasteiger partial charge in [-0.3, -0.25) is 19.1 Å². The van der Waals surface area contributed by atoms with Crippen LogP contribution in [0.4, 0.5) is 11.5 Å². The molecule has 1 amide bonds. The maximum Gasteiger partial charge on any atom is 0.330 e. The maximum atomic E-state index is 13.2. The van der Waals surface area contributed by atoms with Crippen LogP contribution in [-0.4, -0.2) is 42.3 Å². The third-order valence-corrected chi connectivity index (χ3v) is 5.40. The van der Waals surface area contributed by atoms with Crippen molar-refractivity contribution in [3.63, 3.8) is 0 Å². The Morgan fingerprint density at radius 1 is 1.06 bits per heavy atom. The number of hydrogen-bond donors (Lipinski definition) is 2. The molecule has 0 atom stereocenters. The molecule has 186 valence electrons. The highest BCUT2D eigenvalue weighted by Gasteiger charge is 2.24. The normalized spacial score (nSPS) is 11.0. The van der Waals surface area contributed by atoms with Crippen molar-refractivity contribution in [3.8, 4) is 16.9 Å². The van der Waals surface area contributed by atoms with E-state index in [-0.39, 0.29) is 49.5 Å². The molecule has 1 heterocycles. The second-order valence-electron chi connectivity index (χ2n) is 8.50. The van der Waals surface area contributed by atoms with Crippen molar-refractivity contribution in [2.75, 3.05) is 37.5 Å². The van der Waals surface area contributed by atoms with Crippen LogP contribution in [0.25, 0.3) is 11.1 Å². The zero-order valence-electron chi connectivity index (χ0n) is 20.3. The molecule has 9 heteroatoms. The number of rotatable bonds is 11. The van der Waals surface area contributed by atoms with Gasteiger partial charge in [0.1, 0.15) is 11.6 Å². The first-order valence-corrected chi connectivity index (χ1v) is 11.5. The van der Waals surface area contributed by atoms with Crippen LogP contribution in [0.3, 0.4) is 0 Å². The first kappa shape index (κ1) is 25.8. The molecule has 0 aliphatic heterocycles. The van der Waals surface area contributed by atoms with Gasteiger partial charge in [-0.2, -0.15) is 0 Å². The average molecular weight is 481 g/mol. The van der Waals surface area contributed by atoms with Gasteiger partial charge < -0.3 is 20.1 Å². The molecule has 3 aromatic rings. The van der Waals surface area contributed by atoms with Crippen LogP contribution >= 0.6 is 0 Å². The molecule has 0 unspecified atom stereocenters. The number of para-hydroxylation sites is 1. The lowest BCUT2D eigenvalue weighted by Gasteiger charge is -2.25. The summed E-state index contributed by atoms with van der Waals surface area (Å²) in [5.74, 6) is 0.339. The molecule has 0 aliphatic rings. The van der Waals surface area contributed by atoms with E-state index >= 15 is 0 Å². The number of methoxy groups -OCH3 is 1. The minimum atomic E-state index is -0.715. The fourth-order valence-electron chi connectivity index (χ4n) is 3.76. The SMILES string of the molecule is COCCN(C(=O)CCOc1ccccc1-c1ccccc1)c1c(N)n(CC(C)C)c(=O)[nH]c1=O. The molecule has 0 saturated carbocycles. The number of nitrogens with zero attached hydrogens (tertiary/aromatic N) is 2. The number of H-pyrrole nitrogens is 1. The molecule has 3 N–H and O–H groups in total. The van der Waals surface area contributed by atoms with E-state index in [1.807, 2.05) is 68.4 Å². The Hall–Kier alpha value is -3.85. The van der Waals surface area contributed by atoms with Crippen molar-refractivity contribution in [1.29, 1.82) is 0 Å². The zero-order chi connectivity index (χ0) is 25.4. The number of carbonyl (C=O) groups excluding carboxylic acids is 1. The monoisotopic (exact) mass is 480 g/mol. The molecule has 0 saturated heterocycles. The number of hydrogen-bond acceptors (Lipinski definition) is 6. The van der Waals surface area contributed by atoms with Gasteiger partial charge in [0.15, 0.2) is 5.69 Å². The first-order valence-electron chi connectivity index (χ1n) is 11.5. The van der Waals surface area contributed by atoms with Crippen LogP contribution in [0.5, 0.6) is 5.75 Å². The number of amides is 1. The van der Waals surface area contributed by atoms with Gasteiger partial charge >= 0.3 is 5.69 Å². The molecule has 0 bridgehead atoms. The van der Waals surface area contributed by atoms with Crippen LogP contribution in [0.15, 0.2) is 64.2 Å². The Balaban J connectivity index is 1.82. The summed E-state index contributed by atoms with van der Waals surface area (Å²) in [4.78, 5) is 41.8. The van der Waals surface area contributed by atoms with Crippen LogP contribution in [-0.2, 0) is 16.1 Å². The summed E-state index contributed by atoms with van der Waals surface area (Å²) in [5.41, 5.74) is 6.76. The van der Waals surface area contributed by atoms with Gasteiger partial charge in [-0.25, -0.2) is 4.79 Å². The van der Waals surface area contributed by atoms with Crippen molar-refractivity contribution < 1.29 is 14.3 Å². The van der Waals surface area contributed by atoms with E-state index in [0.717, 1.165) is 11.1 Å².